The van der Waals surface area contributed by atoms with Crippen molar-refractivity contribution in [1.29, 1.82) is 0 Å². The van der Waals surface area contributed by atoms with E-state index in [4.69, 9.17) is 5.11 Å². The highest BCUT2D eigenvalue weighted by atomic mass is 32.1. The topological polar surface area (TPSA) is 75.9 Å². The van der Waals surface area contributed by atoms with Crippen molar-refractivity contribution >= 4 is 11.3 Å². The van der Waals surface area contributed by atoms with Crippen LogP contribution in [-0.2, 0) is 13.1 Å². The van der Waals surface area contributed by atoms with Gasteiger partial charge in [-0.1, -0.05) is 5.21 Å². The van der Waals surface area contributed by atoms with E-state index in [0.717, 1.165) is 10.7 Å². The molecule has 0 saturated carbocycles. The summed E-state index contributed by atoms with van der Waals surface area (Å²) in [7, 11) is 0. The number of nitrogens with zero attached hydrogens (tertiary/aromatic N) is 4. The molecule has 2 rings (SSSR count). The molecule has 0 amide bonds. The van der Waals surface area contributed by atoms with Crippen LogP contribution < -0.4 is 5.32 Å². The van der Waals surface area contributed by atoms with E-state index in [9.17, 15) is 0 Å². The van der Waals surface area contributed by atoms with Crippen molar-refractivity contribution in [3.63, 3.8) is 0 Å². The lowest BCUT2D eigenvalue weighted by Crippen LogP contribution is -2.18. The first-order valence-electron chi connectivity index (χ1n) is 5.42. The van der Waals surface area contributed by atoms with Crippen molar-refractivity contribution in [3.8, 4) is 0 Å². The van der Waals surface area contributed by atoms with Crippen LogP contribution in [0.15, 0.2) is 17.8 Å². The van der Waals surface area contributed by atoms with Gasteiger partial charge in [0, 0.05) is 24.3 Å². The Balaban J connectivity index is 1.84. The number of hydrogen-bond donors (Lipinski definition) is 2. The van der Waals surface area contributed by atoms with Gasteiger partial charge in [-0.3, -0.25) is 0 Å². The molecule has 0 spiro atoms. The van der Waals surface area contributed by atoms with Crippen molar-refractivity contribution in [2.45, 2.75) is 26.1 Å². The average Bonchev–Trinajstić information content (AvgIpc) is 2.97. The lowest BCUT2D eigenvalue weighted by atomic mass is 10.3. The lowest BCUT2D eigenvalue weighted by molar-refractivity contribution is 0.268. The summed E-state index contributed by atoms with van der Waals surface area (Å²) in [5.74, 6) is 0. The summed E-state index contributed by atoms with van der Waals surface area (Å²) in [6.45, 7) is 3.27. The number of aliphatic hydroxyl groups is 1. The Labute approximate surface area is 103 Å². The third kappa shape index (κ3) is 3.32. The summed E-state index contributed by atoms with van der Waals surface area (Å²) in [4.78, 5) is 4.24. The molecule has 0 saturated heterocycles. The maximum absolute atomic E-state index is 8.76. The number of nitrogens with one attached hydrogen (secondary N) is 1. The van der Waals surface area contributed by atoms with Gasteiger partial charge < -0.3 is 10.4 Å². The molecule has 6 nitrogen and oxygen atoms in total. The second-order valence-electron chi connectivity index (χ2n) is 3.67. The zero-order valence-corrected chi connectivity index (χ0v) is 10.4. The van der Waals surface area contributed by atoms with Crippen molar-refractivity contribution < 1.29 is 5.11 Å². The third-order valence-electron chi connectivity index (χ3n) is 2.33. The summed E-state index contributed by atoms with van der Waals surface area (Å²) < 4.78 is 1.63. The SMILES string of the molecule is CC(NCc1cn(CCO)nn1)c1nccs1. The molecule has 2 aromatic rings. The molecule has 0 fully saturated rings. The van der Waals surface area contributed by atoms with Crippen LogP contribution in [0, 0.1) is 0 Å². The fourth-order valence-corrected chi connectivity index (χ4v) is 2.09. The van der Waals surface area contributed by atoms with Crippen LogP contribution in [0.1, 0.15) is 23.7 Å². The quantitative estimate of drug-likeness (QED) is 0.787. The zero-order chi connectivity index (χ0) is 12.1. The van der Waals surface area contributed by atoms with Crippen molar-refractivity contribution in [2.24, 2.45) is 0 Å². The first-order chi connectivity index (χ1) is 8.29. The smallest absolute Gasteiger partial charge is 0.109 e. The third-order valence-corrected chi connectivity index (χ3v) is 3.28. The van der Waals surface area contributed by atoms with Gasteiger partial charge in [-0.2, -0.15) is 0 Å². The molecule has 0 aliphatic carbocycles. The minimum absolute atomic E-state index is 0.0751. The highest BCUT2D eigenvalue weighted by molar-refractivity contribution is 7.09. The molecule has 0 aliphatic rings. The highest BCUT2D eigenvalue weighted by Gasteiger charge is 2.08. The summed E-state index contributed by atoms with van der Waals surface area (Å²) in [6.07, 6.45) is 3.63. The summed E-state index contributed by atoms with van der Waals surface area (Å²) in [5, 5.41) is 23.0. The molecule has 0 bridgehead atoms. The minimum atomic E-state index is 0.0751. The average molecular weight is 253 g/mol. The van der Waals surface area contributed by atoms with Gasteiger partial charge in [-0.15, -0.1) is 16.4 Å². The summed E-state index contributed by atoms with van der Waals surface area (Å²) >= 11 is 1.63. The number of thiazole rings is 1. The van der Waals surface area contributed by atoms with Gasteiger partial charge in [-0.05, 0) is 6.92 Å². The minimum Gasteiger partial charge on any atom is -0.394 e. The molecule has 17 heavy (non-hydrogen) atoms. The number of rotatable bonds is 6. The first kappa shape index (κ1) is 12.2. The van der Waals surface area contributed by atoms with E-state index in [0.29, 0.717) is 13.1 Å². The van der Waals surface area contributed by atoms with Crippen LogP contribution in [0.4, 0.5) is 0 Å². The van der Waals surface area contributed by atoms with Gasteiger partial charge in [0.1, 0.15) is 5.01 Å². The van der Waals surface area contributed by atoms with Gasteiger partial charge in [0.25, 0.3) is 0 Å². The molecular formula is C10H15N5OS. The van der Waals surface area contributed by atoms with Crippen LogP contribution in [0.2, 0.25) is 0 Å². The van der Waals surface area contributed by atoms with Crippen molar-refractivity contribution in [3.05, 3.63) is 28.5 Å². The second-order valence-corrected chi connectivity index (χ2v) is 4.60. The van der Waals surface area contributed by atoms with E-state index in [1.165, 1.54) is 0 Å². The summed E-state index contributed by atoms with van der Waals surface area (Å²) in [5.41, 5.74) is 0.863. The molecule has 2 heterocycles. The maximum atomic E-state index is 8.76. The summed E-state index contributed by atoms with van der Waals surface area (Å²) in [6, 6.07) is 0.206. The van der Waals surface area contributed by atoms with Gasteiger partial charge in [0.2, 0.25) is 0 Å². The van der Waals surface area contributed by atoms with Gasteiger partial charge >= 0.3 is 0 Å². The molecule has 92 valence electrons. The molecule has 0 aromatic carbocycles. The van der Waals surface area contributed by atoms with E-state index < -0.39 is 0 Å². The van der Waals surface area contributed by atoms with Crippen LogP contribution in [0.25, 0.3) is 0 Å². The van der Waals surface area contributed by atoms with Gasteiger partial charge in [-0.25, -0.2) is 9.67 Å². The predicted octanol–water partition coefficient (Wildman–Crippen LogP) is 0.578. The Morgan fingerprint density at radius 3 is 3.18 bits per heavy atom. The fraction of sp³-hybridized carbons (Fsp3) is 0.500. The van der Waals surface area contributed by atoms with Crippen LogP contribution in [0.5, 0.6) is 0 Å². The van der Waals surface area contributed by atoms with E-state index in [1.54, 1.807) is 22.2 Å². The van der Waals surface area contributed by atoms with Crippen LogP contribution >= 0.6 is 11.3 Å². The Hall–Kier alpha value is -1.31. The largest absolute Gasteiger partial charge is 0.394 e. The molecule has 0 radical (unpaired) electrons. The van der Waals surface area contributed by atoms with Gasteiger partial charge in [0.15, 0.2) is 0 Å². The maximum Gasteiger partial charge on any atom is 0.109 e. The Bertz CT molecular complexity index is 441. The molecule has 7 heteroatoms. The van der Waals surface area contributed by atoms with E-state index in [1.807, 2.05) is 11.6 Å². The molecule has 2 aromatic heterocycles. The van der Waals surface area contributed by atoms with E-state index >= 15 is 0 Å². The molecule has 1 atom stereocenters. The molecule has 0 aliphatic heterocycles. The van der Waals surface area contributed by atoms with Gasteiger partial charge in [0.05, 0.1) is 24.9 Å². The number of hydrogen-bond acceptors (Lipinski definition) is 6. The monoisotopic (exact) mass is 253 g/mol. The predicted molar refractivity (Wildman–Crippen MR) is 64.5 cm³/mol. The number of aliphatic hydroxyl groups excluding tert-OH is 1. The van der Waals surface area contributed by atoms with Crippen molar-refractivity contribution in [1.82, 2.24) is 25.3 Å². The highest BCUT2D eigenvalue weighted by Crippen LogP contribution is 2.14. The normalized spacial score (nSPS) is 12.8. The molecular weight excluding hydrogens is 238 g/mol. The van der Waals surface area contributed by atoms with Crippen LogP contribution in [0.3, 0.4) is 0 Å². The van der Waals surface area contributed by atoms with Crippen LogP contribution in [-0.4, -0.2) is 31.7 Å². The Kier molecular flexibility index (Phi) is 4.18. The Morgan fingerprint density at radius 2 is 2.47 bits per heavy atom. The molecule has 2 N–H and O–H groups in total. The number of aromatic nitrogens is 4. The second kappa shape index (κ2) is 5.85. The van der Waals surface area contributed by atoms with Crippen molar-refractivity contribution in [2.75, 3.05) is 6.61 Å². The zero-order valence-electron chi connectivity index (χ0n) is 9.58. The fourth-order valence-electron chi connectivity index (χ4n) is 1.42. The first-order valence-corrected chi connectivity index (χ1v) is 6.30. The lowest BCUT2D eigenvalue weighted by Gasteiger charge is -2.08. The van der Waals surface area contributed by atoms with E-state index in [-0.39, 0.29) is 12.6 Å². The molecule has 1 unspecified atom stereocenters. The Morgan fingerprint density at radius 1 is 1.59 bits per heavy atom. The van der Waals surface area contributed by atoms with E-state index in [2.05, 4.69) is 27.5 Å². The standard InChI is InChI=1S/C10H15N5OS/c1-8(10-11-2-5-17-10)12-6-9-7-15(3-4-16)14-13-9/h2,5,7-8,12,16H,3-4,6H2,1H3.